The van der Waals surface area contributed by atoms with Crippen LogP contribution in [0.5, 0.6) is 0 Å². The van der Waals surface area contributed by atoms with Crippen molar-refractivity contribution >= 4 is 23.2 Å². The van der Waals surface area contributed by atoms with Crippen LogP contribution in [0, 0.1) is 0 Å². The van der Waals surface area contributed by atoms with Crippen LogP contribution in [0.1, 0.15) is 15.2 Å². The maximum atomic E-state index is 11.6. The highest BCUT2D eigenvalue weighted by Crippen LogP contribution is 2.10. The standard InChI is InChI=1S/C12H9NOS/c14-11(12-2-1-9-15-12)4-3-10-5-7-13-8-6-10/h1-9H/b4-3+. The first-order valence-electron chi connectivity index (χ1n) is 4.52. The van der Waals surface area contributed by atoms with Crippen LogP contribution in [0.3, 0.4) is 0 Å². The van der Waals surface area contributed by atoms with Crippen molar-refractivity contribution in [1.82, 2.24) is 4.98 Å². The molecule has 0 saturated carbocycles. The Morgan fingerprint density at radius 1 is 1.27 bits per heavy atom. The zero-order chi connectivity index (χ0) is 10.5. The van der Waals surface area contributed by atoms with Crippen molar-refractivity contribution in [3.05, 3.63) is 58.6 Å². The van der Waals surface area contributed by atoms with Gasteiger partial charge in [0.25, 0.3) is 0 Å². The predicted molar refractivity (Wildman–Crippen MR) is 61.9 cm³/mol. The van der Waals surface area contributed by atoms with Crippen molar-refractivity contribution in [3.63, 3.8) is 0 Å². The van der Waals surface area contributed by atoms with Gasteiger partial charge in [0.2, 0.25) is 0 Å². The first-order valence-corrected chi connectivity index (χ1v) is 5.40. The molecule has 2 aromatic rings. The third-order valence-electron chi connectivity index (χ3n) is 1.90. The number of ketones is 1. The van der Waals surface area contributed by atoms with Gasteiger partial charge in [-0.3, -0.25) is 9.78 Å². The van der Waals surface area contributed by atoms with E-state index in [1.165, 1.54) is 11.3 Å². The Kier molecular flexibility index (Phi) is 3.05. The quantitative estimate of drug-likeness (QED) is 0.582. The average Bonchev–Trinajstić information content (AvgIpc) is 2.81. The van der Waals surface area contributed by atoms with Crippen LogP contribution in [-0.2, 0) is 0 Å². The molecule has 0 aliphatic carbocycles. The molecule has 2 nitrogen and oxygen atoms in total. The van der Waals surface area contributed by atoms with Crippen LogP contribution in [0.4, 0.5) is 0 Å². The van der Waals surface area contributed by atoms with E-state index in [4.69, 9.17) is 0 Å². The maximum absolute atomic E-state index is 11.6. The molecule has 2 aromatic heterocycles. The van der Waals surface area contributed by atoms with Gasteiger partial charge in [-0.1, -0.05) is 12.1 Å². The lowest BCUT2D eigenvalue weighted by molar-refractivity contribution is 0.105. The van der Waals surface area contributed by atoms with Crippen LogP contribution in [0.15, 0.2) is 48.1 Å². The molecule has 0 aromatic carbocycles. The number of carbonyl (C=O) groups excluding carboxylic acids is 1. The minimum atomic E-state index is 0.0433. The summed E-state index contributed by atoms with van der Waals surface area (Å²) in [6.07, 6.45) is 6.79. The Morgan fingerprint density at radius 2 is 2.07 bits per heavy atom. The second-order valence-electron chi connectivity index (χ2n) is 2.96. The van der Waals surface area contributed by atoms with Crippen LogP contribution < -0.4 is 0 Å². The summed E-state index contributed by atoms with van der Waals surface area (Å²) in [5.74, 6) is 0.0433. The van der Waals surface area contributed by atoms with E-state index >= 15 is 0 Å². The van der Waals surface area contributed by atoms with Crippen molar-refractivity contribution in [2.24, 2.45) is 0 Å². The lowest BCUT2D eigenvalue weighted by Gasteiger charge is -1.90. The molecule has 15 heavy (non-hydrogen) atoms. The first-order chi connectivity index (χ1) is 7.36. The number of rotatable bonds is 3. The van der Waals surface area contributed by atoms with Gasteiger partial charge in [-0.05, 0) is 35.2 Å². The Balaban J connectivity index is 2.10. The van der Waals surface area contributed by atoms with Gasteiger partial charge in [-0.2, -0.15) is 0 Å². The smallest absolute Gasteiger partial charge is 0.195 e. The monoisotopic (exact) mass is 215 g/mol. The lowest BCUT2D eigenvalue weighted by Crippen LogP contribution is -1.88. The first kappa shape index (κ1) is 9.80. The van der Waals surface area contributed by atoms with Crippen molar-refractivity contribution in [3.8, 4) is 0 Å². The van der Waals surface area contributed by atoms with Gasteiger partial charge in [-0.25, -0.2) is 0 Å². The predicted octanol–water partition coefficient (Wildman–Crippen LogP) is 3.04. The maximum Gasteiger partial charge on any atom is 0.195 e. The zero-order valence-corrected chi connectivity index (χ0v) is 8.78. The van der Waals surface area contributed by atoms with E-state index in [-0.39, 0.29) is 5.78 Å². The van der Waals surface area contributed by atoms with Crippen LogP contribution >= 0.6 is 11.3 Å². The summed E-state index contributed by atoms with van der Waals surface area (Å²) in [5.41, 5.74) is 0.981. The second-order valence-corrected chi connectivity index (χ2v) is 3.90. The number of pyridine rings is 1. The van der Waals surface area contributed by atoms with E-state index in [2.05, 4.69) is 4.98 Å². The summed E-state index contributed by atoms with van der Waals surface area (Å²) < 4.78 is 0. The van der Waals surface area contributed by atoms with Gasteiger partial charge in [0.15, 0.2) is 5.78 Å². The number of allylic oxidation sites excluding steroid dienone is 1. The van der Waals surface area contributed by atoms with Gasteiger partial charge < -0.3 is 0 Å². The molecular formula is C12H9NOS. The van der Waals surface area contributed by atoms with Crippen LogP contribution in [0.25, 0.3) is 6.08 Å². The number of nitrogens with zero attached hydrogens (tertiary/aromatic N) is 1. The van der Waals surface area contributed by atoms with Gasteiger partial charge >= 0.3 is 0 Å². The van der Waals surface area contributed by atoms with Gasteiger partial charge in [0.1, 0.15) is 0 Å². The molecule has 0 N–H and O–H groups in total. The number of hydrogen-bond donors (Lipinski definition) is 0. The van der Waals surface area contributed by atoms with Crippen molar-refractivity contribution in [1.29, 1.82) is 0 Å². The number of carbonyl (C=O) groups is 1. The van der Waals surface area contributed by atoms with Gasteiger partial charge in [0, 0.05) is 12.4 Å². The second kappa shape index (κ2) is 4.66. The van der Waals surface area contributed by atoms with E-state index in [0.717, 1.165) is 10.4 Å². The van der Waals surface area contributed by atoms with Gasteiger partial charge in [0.05, 0.1) is 4.88 Å². The van der Waals surface area contributed by atoms with Crippen molar-refractivity contribution in [2.45, 2.75) is 0 Å². The SMILES string of the molecule is O=C(/C=C/c1ccncc1)c1cccs1. The summed E-state index contributed by atoms with van der Waals surface area (Å²) >= 11 is 1.45. The van der Waals surface area contributed by atoms with E-state index in [0.29, 0.717) is 0 Å². The number of thiophene rings is 1. The summed E-state index contributed by atoms with van der Waals surface area (Å²) in [6, 6.07) is 7.42. The zero-order valence-electron chi connectivity index (χ0n) is 7.96. The summed E-state index contributed by atoms with van der Waals surface area (Å²) in [6.45, 7) is 0. The van der Waals surface area contributed by atoms with Crippen LogP contribution in [-0.4, -0.2) is 10.8 Å². The third-order valence-corrected chi connectivity index (χ3v) is 2.78. The van der Waals surface area contributed by atoms with Crippen molar-refractivity contribution < 1.29 is 4.79 Å². The van der Waals surface area contributed by atoms with Crippen molar-refractivity contribution in [2.75, 3.05) is 0 Å². The molecule has 3 heteroatoms. The van der Waals surface area contributed by atoms with Gasteiger partial charge in [-0.15, -0.1) is 11.3 Å². The highest BCUT2D eigenvalue weighted by atomic mass is 32.1. The molecule has 2 rings (SSSR count). The summed E-state index contributed by atoms with van der Waals surface area (Å²) in [5, 5.41) is 1.90. The molecule has 0 atom stereocenters. The molecule has 0 aliphatic heterocycles. The fourth-order valence-electron chi connectivity index (χ4n) is 1.15. The number of aromatic nitrogens is 1. The molecule has 0 fully saturated rings. The Labute approximate surface area is 91.9 Å². The minimum absolute atomic E-state index is 0.0433. The van der Waals surface area contributed by atoms with Crippen LogP contribution in [0.2, 0.25) is 0 Å². The molecular weight excluding hydrogens is 206 g/mol. The minimum Gasteiger partial charge on any atom is -0.288 e. The molecule has 0 aliphatic rings. The van der Waals surface area contributed by atoms with E-state index in [1.54, 1.807) is 24.5 Å². The molecule has 0 unspecified atom stereocenters. The molecule has 0 spiro atoms. The fraction of sp³-hybridized carbons (Fsp3) is 0. The normalized spacial score (nSPS) is 10.7. The summed E-state index contributed by atoms with van der Waals surface area (Å²) in [7, 11) is 0. The fourth-order valence-corrected chi connectivity index (χ4v) is 1.79. The molecule has 0 amide bonds. The molecule has 2 heterocycles. The molecule has 0 bridgehead atoms. The highest BCUT2D eigenvalue weighted by molar-refractivity contribution is 7.12. The lowest BCUT2D eigenvalue weighted by atomic mass is 10.2. The Hall–Kier alpha value is -1.74. The Morgan fingerprint density at radius 3 is 2.73 bits per heavy atom. The van der Waals surface area contributed by atoms with E-state index in [9.17, 15) is 4.79 Å². The highest BCUT2D eigenvalue weighted by Gasteiger charge is 2.00. The molecule has 0 saturated heterocycles. The third kappa shape index (κ3) is 2.60. The molecule has 0 radical (unpaired) electrons. The Bertz CT molecular complexity index is 460. The topological polar surface area (TPSA) is 30.0 Å². The number of hydrogen-bond acceptors (Lipinski definition) is 3. The largest absolute Gasteiger partial charge is 0.288 e. The van der Waals surface area contributed by atoms with E-state index < -0.39 is 0 Å². The molecule has 74 valence electrons. The van der Waals surface area contributed by atoms with E-state index in [1.807, 2.05) is 29.6 Å². The summed E-state index contributed by atoms with van der Waals surface area (Å²) in [4.78, 5) is 16.3. The average molecular weight is 215 g/mol.